The minimum Gasteiger partial charge on any atom is -0.281 e. The Labute approximate surface area is 51.4 Å². The second-order valence-corrected chi connectivity index (χ2v) is 1.98. The molecular weight excluding hydrogens is 156 g/mol. The predicted molar refractivity (Wildman–Crippen MR) is 33.9 cm³/mol. The topological polar surface area (TPSA) is 15.6 Å². The van der Waals surface area contributed by atoms with Crippen molar-refractivity contribution >= 4 is 22.1 Å². The van der Waals surface area contributed by atoms with Crippen LogP contribution in [0, 0.1) is 0 Å². The van der Waals surface area contributed by atoms with Crippen LogP contribution in [0.3, 0.4) is 0 Å². The highest BCUT2D eigenvalue weighted by atomic mass is 79.9. The third kappa shape index (κ3) is 1.24. The molecule has 0 N–H and O–H groups in total. The summed E-state index contributed by atoms with van der Waals surface area (Å²) >= 11 is 3.32. The van der Waals surface area contributed by atoms with Crippen LogP contribution in [0.15, 0.2) is 4.99 Å². The zero-order chi connectivity index (χ0) is 5.11. The molecule has 1 heterocycles. The summed E-state index contributed by atoms with van der Waals surface area (Å²) in [5, 5.41) is 0. The molecule has 0 aromatic rings. The third-order valence-corrected chi connectivity index (χ3v) is 1.63. The summed E-state index contributed by atoms with van der Waals surface area (Å²) in [6.45, 7) is 1.87. The van der Waals surface area contributed by atoms with Crippen LogP contribution < -0.4 is 0 Å². The Morgan fingerprint density at radius 2 is 2.71 bits per heavy atom. The normalized spacial score (nSPS) is 21.3. The first-order valence-electron chi connectivity index (χ1n) is 2.20. The van der Waals surface area contributed by atoms with Crippen LogP contribution in [0.4, 0.5) is 0 Å². The van der Waals surface area contributed by atoms with Crippen LogP contribution in [0.2, 0.25) is 0 Å². The Balaban J connectivity index is 2.22. The van der Waals surface area contributed by atoms with Crippen molar-refractivity contribution in [2.45, 2.75) is 0 Å². The summed E-state index contributed by atoms with van der Waals surface area (Å²) in [5.74, 6) is 0. The molecule has 0 aliphatic carbocycles. The van der Waals surface area contributed by atoms with Crippen LogP contribution in [0.25, 0.3) is 0 Å². The second-order valence-electron chi connectivity index (χ2n) is 1.48. The van der Waals surface area contributed by atoms with E-state index in [0.717, 1.165) is 18.7 Å². The van der Waals surface area contributed by atoms with Gasteiger partial charge < -0.3 is 0 Å². The molecule has 1 aliphatic heterocycles. The van der Waals surface area contributed by atoms with Crippen molar-refractivity contribution in [3.63, 3.8) is 0 Å². The summed E-state index contributed by atoms with van der Waals surface area (Å²) in [5.41, 5.74) is 0.938. The summed E-state index contributed by atoms with van der Waals surface area (Å²) in [7, 11) is 0. The minimum atomic E-state index is 0.866. The largest absolute Gasteiger partial charge is 0.281 e. The van der Waals surface area contributed by atoms with E-state index >= 15 is 0 Å². The first kappa shape index (κ1) is 5.25. The van der Waals surface area contributed by atoms with Crippen LogP contribution in [-0.4, -0.2) is 29.8 Å². The Morgan fingerprint density at radius 1 is 1.86 bits per heavy atom. The molecule has 0 amide bonds. The first-order chi connectivity index (χ1) is 3.43. The van der Waals surface area contributed by atoms with Gasteiger partial charge in [0, 0.05) is 12.8 Å². The molecule has 40 valence electrons. The summed E-state index contributed by atoms with van der Waals surface area (Å²) in [6.07, 6.45) is 1.93. The molecule has 3 heteroatoms. The molecule has 0 spiro atoms. The smallest absolute Gasteiger partial charge is 0.0916 e. The van der Waals surface area contributed by atoms with Gasteiger partial charge in [0.2, 0.25) is 0 Å². The summed E-state index contributed by atoms with van der Waals surface area (Å²) in [6, 6.07) is 0. The Morgan fingerprint density at radius 3 is 3.00 bits per heavy atom. The van der Waals surface area contributed by atoms with Crippen LogP contribution >= 0.6 is 15.9 Å². The molecule has 1 aliphatic rings. The van der Waals surface area contributed by atoms with Gasteiger partial charge in [0.15, 0.2) is 0 Å². The Bertz CT molecular complexity index is 73.8. The van der Waals surface area contributed by atoms with Gasteiger partial charge in [-0.2, -0.15) is 0 Å². The van der Waals surface area contributed by atoms with Gasteiger partial charge in [-0.3, -0.25) is 9.89 Å². The van der Waals surface area contributed by atoms with Crippen molar-refractivity contribution in [2.75, 3.05) is 18.7 Å². The van der Waals surface area contributed by atoms with Gasteiger partial charge in [-0.15, -0.1) is 0 Å². The lowest BCUT2D eigenvalue weighted by Crippen LogP contribution is -2.17. The van der Waals surface area contributed by atoms with Crippen molar-refractivity contribution < 1.29 is 0 Å². The van der Waals surface area contributed by atoms with Gasteiger partial charge in [0.1, 0.15) is 0 Å². The van der Waals surface area contributed by atoms with Crippen LogP contribution in [0.1, 0.15) is 0 Å². The van der Waals surface area contributed by atoms with E-state index in [-0.39, 0.29) is 0 Å². The molecule has 0 unspecified atom stereocenters. The Hall–Kier alpha value is 0.110. The van der Waals surface area contributed by atoms with Crippen molar-refractivity contribution in [3.8, 4) is 0 Å². The van der Waals surface area contributed by atoms with Gasteiger partial charge in [0.05, 0.1) is 12.1 Å². The maximum absolute atomic E-state index is 4.01. The van der Waals surface area contributed by atoms with E-state index in [1.54, 1.807) is 0 Å². The maximum atomic E-state index is 4.01. The van der Waals surface area contributed by atoms with Gasteiger partial charge in [-0.25, -0.2) is 0 Å². The zero-order valence-corrected chi connectivity index (χ0v) is 5.56. The molecule has 7 heavy (non-hydrogen) atoms. The van der Waals surface area contributed by atoms with Gasteiger partial charge in [-0.1, -0.05) is 15.9 Å². The quantitative estimate of drug-likeness (QED) is 0.410. The number of alkyl halides is 1. The van der Waals surface area contributed by atoms with E-state index in [9.17, 15) is 0 Å². The van der Waals surface area contributed by atoms with Crippen molar-refractivity contribution in [1.82, 2.24) is 4.90 Å². The summed E-state index contributed by atoms with van der Waals surface area (Å²) < 4.78 is 0. The minimum absolute atomic E-state index is 0.866. The fourth-order valence-corrected chi connectivity index (χ4v) is 0.854. The number of halogens is 1. The lowest BCUT2D eigenvalue weighted by molar-refractivity contribution is 0.409. The zero-order valence-electron chi connectivity index (χ0n) is 3.97. The standard InChI is InChI=1S/C4H7BrN2/c5-3-7-2-1-6-4-7/h1H,2-4H2. The van der Waals surface area contributed by atoms with E-state index in [0.29, 0.717) is 0 Å². The second kappa shape index (κ2) is 2.43. The lowest BCUT2D eigenvalue weighted by atomic mass is 10.7. The number of nitrogens with zero attached hydrogens (tertiary/aromatic N) is 2. The van der Waals surface area contributed by atoms with E-state index < -0.39 is 0 Å². The monoisotopic (exact) mass is 162 g/mol. The number of hydrogen-bond donors (Lipinski definition) is 0. The van der Waals surface area contributed by atoms with Crippen molar-refractivity contribution in [3.05, 3.63) is 0 Å². The van der Waals surface area contributed by atoms with Crippen LogP contribution in [0.5, 0.6) is 0 Å². The van der Waals surface area contributed by atoms with Crippen molar-refractivity contribution in [1.29, 1.82) is 0 Å². The summed E-state index contributed by atoms with van der Waals surface area (Å²) in [4.78, 5) is 6.19. The fraction of sp³-hybridized carbons (Fsp3) is 0.750. The van der Waals surface area contributed by atoms with E-state index in [4.69, 9.17) is 0 Å². The SMILES string of the molecule is BrCN1CC=NC1. The highest BCUT2D eigenvalue weighted by molar-refractivity contribution is 9.09. The average molecular weight is 163 g/mol. The molecule has 1 rings (SSSR count). The molecule has 0 atom stereocenters. The fourth-order valence-electron chi connectivity index (χ4n) is 0.491. The number of aliphatic imine (C=N–C) groups is 1. The number of rotatable bonds is 1. The lowest BCUT2D eigenvalue weighted by Gasteiger charge is -2.05. The molecule has 2 nitrogen and oxygen atoms in total. The van der Waals surface area contributed by atoms with E-state index in [1.165, 1.54) is 0 Å². The molecule has 0 saturated carbocycles. The number of hydrogen-bond acceptors (Lipinski definition) is 2. The molecule has 0 fully saturated rings. The Kier molecular flexibility index (Phi) is 1.82. The third-order valence-electron chi connectivity index (χ3n) is 0.920. The molecule has 0 radical (unpaired) electrons. The van der Waals surface area contributed by atoms with Crippen molar-refractivity contribution in [2.24, 2.45) is 4.99 Å². The first-order valence-corrected chi connectivity index (χ1v) is 3.32. The highest BCUT2D eigenvalue weighted by Crippen LogP contribution is 1.95. The van der Waals surface area contributed by atoms with Gasteiger partial charge >= 0.3 is 0 Å². The maximum Gasteiger partial charge on any atom is 0.0916 e. The molecule has 0 saturated heterocycles. The predicted octanol–water partition coefficient (Wildman–Crippen LogP) is 0.683. The van der Waals surface area contributed by atoms with Crippen LogP contribution in [-0.2, 0) is 0 Å². The highest BCUT2D eigenvalue weighted by Gasteiger charge is 2.01. The molecule has 0 aromatic carbocycles. The molecular formula is C4H7BrN2. The molecule has 0 bridgehead atoms. The average Bonchev–Trinajstić information content (AvgIpc) is 2.14. The van der Waals surface area contributed by atoms with Gasteiger partial charge in [-0.05, 0) is 0 Å². The van der Waals surface area contributed by atoms with Gasteiger partial charge in [0.25, 0.3) is 0 Å². The van der Waals surface area contributed by atoms with E-state index in [1.807, 2.05) is 6.21 Å². The van der Waals surface area contributed by atoms with E-state index in [2.05, 4.69) is 25.8 Å². The molecule has 0 aromatic heterocycles.